The summed E-state index contributed by atoms with van der Waals surface area (Å²) in [6, 6.07) is 5.88. The van der Waals surface area contributed by atoms with E-state index < -0.39 is 10.0 Å². The van der Waals surface area contributed by atoms with Crippen LogP contribution in [0.1, 0.15) is 11.4 Å². The van der Waals surface area contributed by atoms with Gasteiger partial charge in [-0.2, -0.15) is 0 Å². The highest BCUT2D eigenvalue weighted by molar-refractivity contribution is 7.92. The first-order valence-corrected chi connectivity index (χ1v) is 7.82. The van der Waals surface area contributed by atoms with Crippen molar-refractivity contribution in [1.82, 2.24) is 9.97 Å². The van der Waals surface area contributed by atoms with Gasteiger partial charge in [-0.15, -0.1) is 0 Å². The molecule has 8 heteroatoms. The second-order valence-corrected chi connectivity index (χ2v) is 6.65. The van der Waals surface area contributed by atoms with Crippen molar-refractivity contribution < 1.29 is 8.42 Å². The predicted octanol–water partition coefficient (Wildman–Crippen LogP) is 3.20. The number of anilines is 1. The summed E-state index contributed by atoms with van der Waals surface area (Å²) >= 11 is 11.6. The molecule has 0 saturated heterocycles. The molecule has 1 N–H and O–H groups in total. The lowest BCUT2D eigenvalue weighted by molar-refractivity contribution is 0.601. The summed E-state index contributed by atoms with van der Waals surface area (Å²) in [7, 11) is -3.86. The summed E-state index contributed by atoms with van der Waals surface area (Å²) in [6.45, 7) is 3.50. The van der Waals surface area contributed by atoms with E-state index in [0.29, 0.717) is 16.4 Å². The Morgan fingerprint density at radius 1 is 1.05 bits per heavy atom. The molecule has 0 spiro atoms. The third-order valence-corrected chi connectivity index (χ3v) is 4.44. The van der Waals surface area contributed by atoms with Gasteiger partial charge in [0.2, 0.25) is 5.95 Å². The average molecular weight is 332 g/mol. The van der Waals surface area contributed by atoms with Gasteiger partial charge >= 0.3 is 0 Å². The predicted molar refractivity (Wildman–Crippen MR) is 78.8 cm³/mol. The third kappa shape index (κ3) is 3.39. The van der Waals surface area contributed by atoms with E-state index in [1.54, 1.807) is 19.9 Å². The van der Waals surface area contributed by atoms with Crippen LogP contribution in [0.5, 0.6) is 0 Å². The van der Waals surface area contributed by atoms with Gasteiger partial charge in [0.1, 0.15) is 4.90 Å². The van der Waals surface area contributed by atoms with Gasteiger partial charge < -0.3 is 0 Å². The molecular weight excluding hydrogens is 321 g/mol. The molecule has 2 rings (SSSR count). The molecule has 20 heavy (non-hydrogen) atoms. The summed E-state index contributed by atoms with van der Waals surface area (Å²) in [5.74, 6) is 0.00789. The van der Waals surface area contributed by atoms with Crippen molar-refractivity contribution in [3.8, 4) is 0 Å². The van der Waals surface area contributed by atoms with Crippen LogP contribution in [-0.4, -0.2) is 18.4 Å². The maximum atomic E-state index is 12.2. The van der Waals surface area contributed by atoms with E-state index >= 15 is 0 Å². The Bertz CT molecular complexity index is 743. The number of nitrogens with zero attached hydrogens (tertiary/aromatic N) is 2. The SMILES string of the molecule is Cc1cc(C)nc(NS(=O)(=O)c2ccc(Cl)cc2Cl)n1. The molecule has 0 aliphatic rings. The second kappa shape index (κ2) is 5.55. The van der Waals surface area contributed by atoms with E-state index in [4.69, 9.17) is 23.2 Å². The van der Waals surface area contributed by atoms with Crippen molar-refractivity contribution in [2.24, 2.45) is 0 Å². The smallest absolute Gasteiger partial charge is 0.247 e. The summed E-state index contributed by atoms with van der Waals surface area (Å²) in [6.07, 6.45) is 0. The molecule has 1 aromatic heterocycles. The standard InChI is InChI=1S/C12H11Cl2N3O2S/c1-7-5-8(2)16-12(15-7)17-20(18,19)11-4-3-9(13)6-10(11)14/h3-6H,1-2H3,(H,15,16,17). The number of benzene rings is 1. The number of sulfonamides is 1. The first kappa shape index (κ1) is 15.0. The van der Waals surface area contributed by atoms with Crippen molar-refractivity contribution in [2.75, 3.05) is 4.72 Å². The van der Waals surface area contributed by atoms with Crippen LogP contribution in [0.25, 0.3) is 0 Å². The molecule has 5 nitrogen and oxygen atoms in total. The first-order chi connectivity index (χ1) is 9.28. The number of nitrogens with one attached hydrogen (secondary N) is 1. The molecule has 0 aliphatic carbocycles. The normalized spacial score (nSPS) is 11.4. The van der Waals surface area contributed by atoms with E-state index in [1.165, 1.54) is 18.2 Å². The number of rotatable bonds is 3. The summed E-state index contributed by atoms with van der Waals surface area (Å²) < 4.78 is 26.8. The number of aryl methyl sites for hydroxylation is 2. The highest BCUT2D eigenvalue weighted by Gasteiger charge is 2.19. The zero-order valence-corrected chi connectivity index (χ0v) is 13.0. The van der Waals surface area contributed by atoms with Crippen LogP contribution >= 0.6 is 23.2 Å². The largest absolute Gasteiger partial charge is 0.265 e. The van der Waals surface area contributed by atoms with Gasteiger partial charge in [-0.1, -0.05) is 23.2 Å². The quantitative estimate of drug-likeness (QED) is 0.937. The second-order valence-electron chi connectivity index (χ2n) is 4.15. The first-order valence-electron chi connectivity index (χ1n) is 5.58. The maximum absolute atomic E-state index is 12.2. The lowest BCUT2D eigenvalue weighted by Gasteiger charge is -2.09. The van der Waals surface area contributed by atoms with E-state index in [2.05, 4.69) is 14.7 Å². The van der Waals surface area contributed by atoms with Crippen LogP contribution in [-0.2, 0) is 10.0 Å². The molecule has 1 aromatic carbocycles. The fourth-order valence-electron chi connectivity index (χ4n) is 1.64. The number of hydrogen-bond acceptors (Lipinski definition) is 4. The Morgan fingerprint density at radius 3 is 2.20 bits per heavy atom. The molecule has 0 radical (unpaired) electrons. The zero-order valence-electron chi connectivity index (χ0n) is 10.7. The molecule has 1 heterocycles. The number of aromatic nitrogens is 2. The van der Waals surface area contributed by atoms with Crippen molar-refractivity contribution in [2.45, 2.75) is 18.7 Å². The third-order valence-electron chi connectivity index (χ3n) is 2.39. The fraction of sp³-hybridized carbons (Fsp3) is 0.167. The molecule has 0 saturated carbocycles. The minimum Gasteiger partial charge on any atom is -0.247 e. The summed E-state index contributed by atoms with van der Waals surface area (Å²) in [5.41, 5.74) is 1.33. The lowest BCUT2D eigenvalue weighted by Crippen LogP contribution is -2.16. The molecule has 0 bridgehead atoms. The number of halogens is 2. The Morgan fingerprint density at radius 2 is 1.65 bits per heavy atom. The van der Waals surface area contributed by atoms with E-state index in [9.17, 15) is 8.42 Å². The van der Waals surface area contributed by atoms with Crippen molar-refractivity contribution in [3.05, 3.63) is 45.7 Å². The molecule has 0 fully saturated rings. The lowest BCUT2D eigenvalue weighted by atomic mass is 10.4. The molecule has 106 valence electrons. The highest BCUT2D eigenvalue weighted by atomic mass is 35.5. The topological polar surface area (TPSA) is 72.0 Å². The molecule has 0 unspecified atom stereocenters. The molecule has 2 aromatic rings. The van der Waals surface area contributed by atoms with Gasteiger partial charge in [-0.05, 0) is 38.1 Å². The van der Waals surface area contributed by atoms with Crippen LogP contribution < -0.4 is 4.72 Å². The van der Waals surface area contributed by atoms with Crippen molar-refractivity contribution in [1.29, 1.82) is 0 Å². The maximum Gasteiger partial charge on any atom is 0.265 e. The zero-order chi connectivity index (χ0) is 14.9. The van der Waals surface area contributed by atoms with Gasteiger partial charge in [-0.25, -0.2) is 23.1 Å². The van der Waals surface area contributed by atoms with Gasteiger partial charge in [0, 0.05) is 16.4 Å². The van der Waals surface area contributed by atoms with E-state index in [0.717, 1.165) is 0 Å². The Hall–Kier alpha value is -1.37. The fourth-order valence-corrected chi connectivity index (χ4v) is 3.36. The monoisotopic (exact) mass is 331 g/mol. The molecule has 0 atom stereocenters. The van der Waals surface area contributed by atoms with Crippen LogP contribution in [0.2, 0.25) is 10.0 Å². The number of hydrogen-bond donors (Lipinski definition) is 1. The Labute approximate surface area is 127 Å². The molecule has 0 aliphatic heterocycles. The van der Waals surface area contributed by atoms with Crippen LogP contribution in [0.3, 0.4) is 0 Å². The Balaban J connectivity index is 2.40. The summed E-state index contributed by atoms with van der Waals surface area (Å²) in [4.78, 5) is 7.97. The van der Waals surface area contributed by atoms with E-state index in [-0.39, 0.29) is 15.9 Å². The summed E-state index contributed by atoms with van der Waals surface area (Å²) in [5, 5.41) is 0.394. The molecular formula is C12H11Cl2N3O2S. The van der Waals surface area contributed by atoms with Gasteiger partial charge in [-0.3, -0.25) is 0 Å². The molecule has 0 amide bonds. The average Bonchev–Trinajstić information content (AvgIpc) is 2.25. The van der Waals surface area contributed by atoms with Crippen LogP contribution in [0.15, 0.2) is 29.2 Å². The van der Waals surface area contributed by atoms with Gasteiger partial charge in [0.15, 0.2) is 0 Å². The highest BCUT2D eigenvalue weighted by Crippen LogP contribution is 2.26. The van der Waals surface area contributed by atoms with Crippen LogP contribution in [0.4, 0.5) is 5.95 Å². The van der Waals surface area contributed by atoms with Crippen molar-refractivity contribution in [3.63, 3.8) is 0 Å². The Kier molecular flexibility index (Phi) is 4.17. The minimum atomic E-state index is -3.86. The van der Waals surface area contributed by atoms with E-state index in [1.807, 2.05) is 0 Å². The van der Waals surface area contributed by atoms with Crippen molar-refractivity contribution >= 4 is 39.2 Å². The van der Waals surface area contributed by atoms with Gasteiger partial charge in [0.05, 0.1) is 5.02 Å². The van der Waals surface area contributed by atoms with Crippen LogP contribution in [0, 0.1) is 13.8 Å². The van der Waals surface area contributed by atoms with Gasteiger partial charge in [0.25, 0.3) is 10.0 Å². The minimum absolute atomic E-state index is 0.00789.